The molecule has 14 rings (SSSR count). The van der Waals surface area contributed by atoms with Crippen molar-refractivity contribution in [2.24, 2.45) is 0 Å². The third kappa shape index (κ3) is 5.80. The second-order valence-corrected chi connectivity index (χ2v) is 18.2. The first-order valence-electron chi connectivity index (χ1n) is 22.2. The van der Waals surface area contributed by atoms with Crippen LogP contribution in [0.4, 0.5) is 0 Å². The van der Waals surface area contributed by atoms with Gasteiger partial charge in [0.05, 0.1) is 0 Å². The maximum absolute atomic E-state index is 6.68. The van der Waals surface area contributed by atoms with Crippen molar-refractivity contribution in [3.8, 4) is 56.4 Å². The van der Waals surface area contributed by atoms with E-state index < -0.39 is 0 Å². The molecule has 0 spiro atoms. The van der Waals surface area contributed by atoms with E-state index in [1.807, 2.05) is 41.7 Å². The minimum atomic E-state index is 0.581. The number of aromatic nitrogens is 3. The van der Waals surface area contributed by atoms with Gasteiger partial charge in [0, 0.05) is 47.6 Å². The van der Waals surface area contributed by atoms with Crippen LogP contribution in [0.3, 0.4) is 0 Å². The Balaban J connectivity index is 0.886. The van der Waals surface area contributed by atoms with E-state index in [9.17, 15) is 0 Å². The topological polar surface area (TPSA) is 51.8 Å². The van der Waals surface area contributed by atoms with E-state index >= 15 is 0 Å². The molecule has 4 nitrogen and oxygen atoms in total. The molecule has 66 heavy (non-hydrogen) atoms. The third-order valence-electron chi connectivity index (χ3n) is 13.3. The SMILES string of the molecule is c1ccc(-c2nc(-c3cccc(-c4ccc5c6ccccc6c6ccccc6c5c4)c3)nc(-c3ccc4c(c3)oc3cccc(-c5ccc6sc7ccc8ccccc8c7c6c5)c34)n2)cc1. The maximum Gasteiger partial charge on any atom is 0.164 e. The molecular formula is C61H35N3OS. The van der Waals surface area contributed by atoms with Crippen molar-refractivity contribution in [2.45, 2.75) is 0 Å². The van der Waals surface area contributed by atoms with Gasteiger partial charge in [-0.3, -0.25) is 0 Å². The third-order valence-corrected chi connectivity index (χ3v) is 14.4. The first-order valence-corrected chi connectivity index (χ1v) is 23.1. The lowest BCUT2D eigenvalue weighted by Crippen LogP contribution is -2.00. The van der Waals surface area contributed by atoms with Crippen LogP contribution in [0.25, 0.3) is 142 Å². The molecule has 0 aliphatic heterocycles. The molecule has 5 heteroatoms. The molecule has 0 radical (unpaired) electrons. The quantitative estimate of drug-likeness (QED) is 0.162. The summed E-state index contributed by atoms with van der Waals surface area (Å²) in [4.78, 5) is 15.4. The van der Waals surface area contributed by atoms with Crippen molar-refractivity contribution in [1.29, 1.82) is 0 Å². The smallest absolute Gasteiger partial charge is 0.164 e. The Hall–Kier alpha value is -8.51. The predicted octanol–water partition coefficient (Wildman–Crippen LogP) is 17.1. The molecule has 0 fully saturated rings. The van der Waals surface area contributed by atoms with Crippen molar-refractivity contribution in [2.75, 3.05) is 0 Å². The molecule has 0 saturated heterocycles. The van der Waals surface area contributed by atoms with Gasteiger partial charge < -0.3 is 4.42 Å². The van der Waals surface area contributed by atoms with E-state index in [0.717, 1.165) is 60.9 Å². The van der Waals surface area contributed by atoms with Crippen molar-refractivity contribution >= 4 is 96.5 Å². The van der Waals surface area contributed by atoms with Crippen LogP contribution >= 0.6 is 11.3 Å². The lowest BCUT2D eigenvalue weighted by molar-refractivity contribution is 0.669. The van der Waals surface area contributed by atoms with Crippen LogP contribution in [0.15, 0.2) is 217 Å². The zero-order valence-corrected chi connectivity index (χ0v) is 36.2. The zero-order valence-electron chi connectivity index (χ0n) is 35.4. The lowest BCUT2D eigenvalue weighted by atomic mass is 9.92. The average molecular weight is 858 g/mol. The molecule has 0 aliphatic carbocycles. The molecule has 306 valence electrons. The summed E-state index contributed by atoms with van der Waals surface area (Å²) >= 11 is 1.85. The van der Waals surface area contributed by atoms with E-state index in [4.69, 9.17) is 19.4 Å². The minimum Gasteiger partial charge on any atom is -0.456 e. The standard InChI is InChI=1S/C61H35N3OS/c1-2-13-37(14-3-1)59-62-60(41-16-10-15-38(32-41)39-24-28-49-47-20-7-6-18-45(47)46-19-8-9-21-48(46)51(49)33-39)64-61(63-59)42-25-29-50-54(35-42)65-53-23-11-22-44(57(50)53)40-27-30-55-52(34-40)58-43-17-5-4-12-36(43)26-31-56(58)66-55/h1-35H. The van der Waals surface area contributed by atoms with Gasteiger partial charge in [0.25, 0.3) is 0 Å². The van der Waals surface area contributed by atoms with Crippen LogP contribution in [0, 0.1) is 0 Å². The molecule has 3 aromatic heterocycles. The monoisotopic (exact) mass is 857 g/mol. The number of thiophene rings is 1. The summed E-state index contributed by atoms with van der Waals surface area (Å²) in [5, 5.41) is 14.8. The summed E-state index contributed by atoms with van der Waals surface area (Å²) in [5.74, 6) is 1.80. The van der Waals surface area contributed by atoms with Crippen LogP contribution in [0.2, 0.25) is 0 Å². The Labute approximate surface area is 382 Å². The number of nitrogens with zero attached hydrogens (tertiary/aromatic N) is 3. The number of benzene rings is 11. The molecule has 0 bridgehead atoms. The highest BCUT2D eigenvalue weighted by atomic mass is 32.1. The highest BCUT2D eigenvalue weighted by molar-refractivity contribution is 7.26. The Bertz CT molecular complexity index is 4270. The number of fused-ring (bicyclic) bond motifs is 14. The molecule has 0 saturated carbocycles. The van der Waals surface area contributed by atoms with Gasteiger partial charge in [-0.25, -0.2) is 15.0 Å². The van der Waals surface area contributed by atoms with E-state index in [1.165, 1.54) is 63.3 Å². The van der Waals surface area contributed by atoms with Gasteiger partial charge >= 0.3 is 0 Å². The van der Waals surface area contributed by atoms with Gasteiger partial charge in [-0.15, -0.1) is 11.3 Å². The summed E-state index contributed by atoms with van der Waals surface area (Å²) in [6.07, 6.45) is 0. The molecule has 0 aliphatic rings. The number of hydrogen-bond acceptors (Lipinski definition) is 5. The van der Waals surface area contributed by atoms with Gasteiger partial charge in [-0.2, -0.15) is 0 Å². The van der Waals surface area contributed by atoms with E-state index in [2.05, 4.69) is 182 Å². The number of rotatable bonds is 5. The lowest BCUT2D eigenvalue weighted by Gasteiger charge is -2.13. The predicted molar refractivity (Wildman–Crippen MR) is 277 cm³/mol. The Morgan fingerprint density at radius 1 is 0.288 bits per heavy atom. The van der Waals surface area contributed by atoms with Crippen molar-refractivity contribution < 1.29 is 4.42 Å². The van der Waals surface area contributed by atoms with E-state index in [1.54, 1.807) is 0 Å². The summed E-state index contributed by atoms with van der Waals surface area (Å²) in [7, 11) is 0. The fraction of sp³-hybridized carbons (Fsp3) is 0. The summed E-state index contributed by atoms with van der Waals surface area (Å²) in [6, 6.07) is 75.7. The minimum absolute atomic E-state index is 0.581. The second kappa shape index (κ2) is 14.5. The normalized spacial score (nSPS) is 11.9. The Morgan fingerprint density at radius 3 is 1.62 bits per heavy atom. The van der Waals surface area contributed by atoms with E-state index in [0.29, 0.717) is 17.5 Å². The van der Waals surface area contributed by atoms with Crippen LogP contribution in [-0.2, 0) is 0 Å². The largest absolute Gasteiger partial charge is 0.456 e. The summed E-state index contributed by atoms with van der Waals surface area (Å²) < 4.78 is 9.27. The number of furan rings is 1. The summed E-state index contributed by atoms with van der Waals surface area (Å²) in [6.45, 7) is 0. The molecule has 0 amide bonds. The van der Waals surface area contributed by atoms with Gasteiger partial charge in [0.1, 0.15) is 11.2 Å². The molecular weight excluding hydrogens is 823 g/mol. The molecule has 0 atom stereocenters. The summed E-state index contributed by atoms with van der Waals surface area (Å²) in [5.41, 5.74) is 8.84. The number of hydrogen-bond donors (Lipinski definition) is 0. The van der Waals surface area contributed by atoms with Crippen LogP contribution < -0.4 is 0 Å². The Morgan fingerprint density at radius 2 is 0.833 bits per heavy atom. The van der Waals surface area contributed by atoms with Crippen LogP contribution in [0.5, 0.6) is 0 Å². The highest BCUT2D eigenvalue weighted by Crippen LogP contribution is 2.44. The van der Waals surface area contributed by atoms with Crippen LogP contribution in [0.1, 0.15) is 0 Å². The molecule has 3 heterocycles. The molecule has 0 unspecified atom stereocenters. The zero-order chi connectivity index (χ0) is 43.3. The highest BCUT2D eigenvalue weighted by Gasteiger charge is 2.19. The van der Waals surface area contributed by atoms with Gasteiger partial charge in [-0.1, -0.05) is 164 Å². The second-order valence-electron chi connectivity index (χ2n) is 17.1. The average Bonchev–Trinajstić information content (AvgIpc) is 3.97. The van der Waals surface area contributed by atoms with Crippen LogP contribution in [-0.4, -0.2) is 15.0 Å². The van der Waals surface area contributed by atoms with Crippen molar-refractivity contribution in [1.82, 2.24) is 15.0 Å². The van der Waals surface area contributed by atoms with Crippen molar-refractivity contribution in [3.05, 3.63) is 212 Å². The van der Waals surface area contributed by atoms with E-state index in [-0.39, 0.29) is 0 Å². The maximum atomic E-state index is 6.68. The van der Waals surface area contributed by atoms with Gasteiger partial charge in [0.15, 0.2) is 17.5 Å². The first kappa shape index (κ1) is 36.9. The van der Waals surface area contributed by atoms with Gasteiger partial charge in [-0.05, 0) is 114 Å². The Kier molecular flexibility index (Phi) is 8.12. The fourth-order valence-electron chi connectivity index (χ4n) is 10.2. The molecule has 14 aromatic rings. The van der Waals surface area contributed by atoms with Crippen molar-refractivity contribution in [3.63, 3.8) is 0 Å². The van der Waals surface area contributed by atoms with Gasteiger partial charge in [0.2, 0.25) is 0 Å². The molecule has 11 aromatic carbocycles. The first-order chi connectivity index (χ1) is 32.7. The molecule has 0 N–H and O–H groups in total. The fourth-order valence-corrected chi connectivity index (χ4v) is 11.3.